The largest absolute Gasteiger partial charge is 0.492 e. The summed E-state index contributed by atoms with van der Waals surface area (Å²) in [7, 11) is 0. The average molecular weight is 280 g/mol. The summed E-state index contributed by atoms with van der Waals surface area (Å²) in [4.78, 5) is 14.6. The summed E-state index contributed by atoms with van der Waals surface area (Å²) in [5.41, 5.74) is 1.56. The smallest absolute Gasteiger partial charge is 0.150 e. The van der Waals surface area contributed by atoms with Crippen molar-refractivity contribution in [3.05, 3.63) is 59.9 Å². The third-order valence-corrected chi connectivity index (χ3v) is 3.17. The number of pyridine rings is 1. The first-order valence-electron chi connectivity index (χ1n) is 6.81. The van der Waals surface area contributed by atoms with Gasteiger partial charge in [0.05, 0.1) is 24.8 Å². The van der Waals surface area contributed by atoms with E-state index < -0.39 is 0 Å². The zero-order valence-electron chi connectivity index (χ0n) is 11.6. The number of ether oxygens (including phenoxy) is 1. The zero-order chi connectivity index (χ0) is 14.9. The lowest BCUT2D eigenvalue weighted by atomic mass is 9.95. The third kappa shape index (κ3) is 4.43. The van der Waals surface area contributed by atoms with Gasteiger partial charge < -0.3 is 4.74 Å². The van der Waals surface area contributed by atoms with Gasteiger partial charge in [0.1, 0.15) is 12.0 Å². The van der Waals surface area contributed by atoms with E-state index in [2.05, 4.69) is 11.1 Å². The molecule has 0 amide bonds. The fraction of sp³-hybridized carbons (Fsp3) is 0.235. The molecule has 0 saturated carbocycles. The van der Waals surface area contributed by atoms with E-state index in [-0.39, 0.29) is 5.92 Å². The van der Waals surface area contributed by atoms with Crippen LogP contribution in [0.15, 0.2) is 48.8 Å². The summed E-state index contributed by atoms with van der Waals surface area (Å²) < 4.78 is 5.56. The van der Waals surface area contributed by atoms with Crippen LogP contribution in [-0.4, -0.2) is 17.9 Å². The fourth-order valence-electron chi connectivity index (χ4n) is 2.02. The molecule has 0 aliphatic rings. The minimum Gasteiger partial charge on any atom is -0.492 e. The summed E-state index contributed by atoms with van der Waals surface area (Å²) in [5.74, 6) is 0.560. The van der Waals surface area contributed by atoms with Gasteiger partial charge in [0.2, 0.25) is 0 Å². The van der Waals surface area contributed by atoms with Crippen molar-refractivity contribution >= 4 is 6.29 Å². The molecule has 21 heavy (non-hydrogen) atoms. The number of aromatic nitrogens is 1. The molecule has 2 rings (SSSR count). The highest BCUT2D eigenvalue weighted by Crippen LogP contribution is 2.21. The van der Waals surface area contributed by atoms with E-state index in [1.165, 1.54) is 0 Å². The van der Waals surface area contributed by atoms with Crippen LogP contribution >= 0.6 is 0 Å². The number of hydrogen-bond acceptors (Lipinski definition) is 4. The molecule has 0 saturated heterocycles. The summed E-state index contributed by atoms with van der Waals surface area (Å²) in [6.45, 7) is 0.552. The van der Waals surface area contributed by atoms with Crippen LogP contribution in [-0.2, 0) is 0 Å². The van der Waals surface area contributed by atoms with E-state index in [4.69, 9.17) is 4.74 Å². The molecule has 1 heterocycles. The van der Waals surface area contributed by atoms with Gasteiger partial charge in [-0.1, -0.05) is 24.3 Å². The number of nitriles is 1. The molecule has 1 unspecified atom stereocenters. The van der Waals surface area contributed by atoms with E-state index in [1.807, 2.05) is 24.3 Å². The Morgan fingerprint density at radius 1 is 1.29 bits per heavy atom. The zero-order valence-corrected chi connectivity index (χ0v) is 11.6. The molecule has 0 aliphatic carbocycles. The normalized spacial score (nSPS) is 11.4. The topological polar surface area (TPSA) is 63.0 Å². The number of rotatable bonds is 7. The van der Waals surface area contributed by atoms with E-state index in [0.717, 1.165) is 30.4 Å². The van der Waals surface area contributed by atoms with Gasteiger partial charge in [0.25, 0.3) is 0 Å². The maximum atomic E-state index is 10.6. The third-order valence-electron chi connectivity index (χ3n) is 3.17. The lowest BCUT2D eigenvalue weighted by Gasteiger charge is -2.10. The molecule has 1 aromatic heterocycles. The van der Waals surface area contributed by atoms with Crippen molar-refractivity contribution in [1.29, 1.82) is 5.26 Å². The Morgan fingerprint density at radius 3 is 2.71 bits per heavy atom. The number of nitrogens with zero attached hydrogens (tertiary/aromatic N) is 2. The molecule has 2 aromatic rings. The second kappa shape index (κ2) is 7.81. The minimum absolute atomic E-state index is 0.178. The Hall–Kier alpha value is -2.67. The van der Waals surface area contributed by atoms with Crippen LogP contribution in [0.5, 0.6) is 5.75 Å². The van der Waals surface area contributed by atoms with Crippen molar-refractivity contribution in [2.24, 2.45) is 0 Å². The Labute approximate surface area is 124 Å². The maximum Gasteiger partial charge on any atom is 0.150 e. The molecular weight excluding hydrogens is 264 g/mol. The van der Waals surface area contributed by atoms with Gasteiger partial charge in [0.15, 0.2) is 0 Å². The molecular formula is C17H16N2O2. The van der Waals surface area contributed by atoms with Crippen LogP contribution in [0.1, 0.15) is 34.7 Å². The quantitative estimate of drug-likeness (QED) is 0.576. The van der Waals surface area contributed by atoms with Crippen molar-refractivity contribution in [3.8, 4) is 11.8 Å². The van der Waals surface area contributed by atoms with E-state index in [1.54, 1.807) is 24.5 Å². The first-order chi connectivity index (χ1) is 10.3. The molecule has 1 atom stereocenters. The monoisotopic (exact) mass is 280 g/mol. The summed E-state index contributed by atoms with van der Waals surface area (Å²) >= 11 is 0. The van der Waals surface area contributed by atoms with Crippen LogP contribution in [0.4, 0.5) is 0 Å². The van der Waals surface area contributed by atoms with Crippen molar-refractivity contribution in [3.63, 3.8) is 0 Å². The minimum atomic E-state index is -0.178. The van der Waals surface area contributed by atoms with E-state index in [9.17, 15) is 10.1 Å². The first kappa shape index (κ1) is 14.7. The van der Waals surface area contributed by atoms with Gasteiger partial charge in [-0.25, -0.2) is 0 Å². The molecule has 1 aromatic carbocycles. The highest BCUT2D eigenvalue weighted by molar-refractivity contribution is 5.74. The predicted molar refractivity (Wildman–Crippen MR) is 79.1 cm³/mol. The summed E-state index contributed by atoms with van der Waals surface area (Å²) in [6, 6.07) is 13.1. The van der Waals surface area contributed by atoms with Crippen molar-refractivity contribution in [2.75, 3.05) is 6.61 Å². The van der Waals surface area contributed by atoms with Gasteiger partial charge >= 0.3 is 0 Å². The van der Waals surface area contributed by atoms with Crippen molar-refractivity contribution < 1.29 is 9.53 Å². The Morgan fingerprint density at radius 2 is 2.10 bits per heavy atom. The average Bonchev–Trinajstić information content (AvgIpc) is 2.56. The van der Waals surface area contributed by atoms with Crippen LogP contribution in [0.25, 0.3) is 0 Å². The highest BCUT2D eigenvalue weighted by Gasteiger charge is 2.10. The molecule has 106 valence electrons. The van der Waals surface area contributed by atoms with Crippen LogP contribution in [0, 0.1) is 11.3 Å². The van der Waals surface area contributed by atoms with Crippen LogP contribution in [0.2, 0.25) is 0 Å². The predicted octanol–water partition coefficient (Wildman–Crippen LogP) is 3.36. The number of benzene rings is 1. The molecule has 0 N–H and O–H groups in total. The summed E-state index contributed by atoms with van der Waals surface area (Å²) in [6.07, 6.45) is 5.66. The number of aldehydes is 1. The first-order valence-corrected chi connectivity index (χ1v) is 6.81. The Balaban J connectivity index is 1.82. The molecule has 4 nitrogen and oxygen atoms in total. The van der Waals surface area contributed by atoms with Crippen LogP contribution < -0.4 is 4.74 Å². The standard InChI is InChI=1S/C17H16N2O2/c18-11-16(15-7-5-14(13-20)6-8-15)3-2-10-21-17-4-1-9-19-12-17/h1,4-9,12-13,16H,2-3,10H2. The molecule has 0 fully saturated rings. The second-order valence-electron chi connectivity index (χ2n) is 4.65. The van der Waals surface area contributed by atoms with Gasteiger partial charge in [-0.3, -0.25) is 9.78 Å². The molecule has 0 spiro atoms. The lowest BCUT2D eigenvalue weighted by Crippen LogP contribution is -2.02. The van der Waals surface area contributed by atoms with E-state index >= 15 is 0 Å². The van der Waals surface area contributed by atoms with Gasteiger partial charge in [-0.15, -0.1) is 0 Å². The van der Waals surface area contributed by atoms with E-state index in [0.29, 0.717) is 12.2 Å². The fourth-order valence-corrected chi connectivity index (χ4v) is 2.02. The van der Waals surface area contributed by atoms with Gasteiger partial charge in [-0.05, 0) is 30.5 Å². The second-order valence-corrected chi connectivity index (χ2v) is 4.65. The molecule has 0 radical (unpaired) electrons. The lowest BCUT2D eigenvalue weighted by molar-refractivity contribution is 0.112. The van der Waals surface area contributed by atoms with Crippen molar-refractivity contribution in [1.82, 2.24) is 4.98 Å². The SMILES string of the molecule is N#CC(CCCOc1cccnc1)c1ccc(C=O)cc1. The molecule has 4 heteroatoms. The number of carbonyl (C=O) groups is 1. The molecule has 0 bridgehead atoms. The Bertz CT molecular complexity index is 603. The maximum absolute atomic E-state index is 10.6. The number of hydrogen-bond donors (Lipinski definition) is 0. The highest BCUT2D eigenvalue weighted by atomic mass is 16.5. The van der Waals surface area contributed by atoms with Crippen LogP contribution in [0.3, 0.4) is 0 Å². The van der Waals surface area contributed by atoms with Crippen molar-refractivity contribution in [2.45, 2.75) is 18.8 Å². The number of carbonyl (C=O) groups excluding carboxylic acids is 1. The molecule has 0 aliphatic heterocycles. The van der Waals surface area contributed by atoms with Gasteiger partial charge in [-0.2, -0.15) is 5.26 Å². The van der Waals surface area contributed by atoms with Gasteiger partial charge in [0, 0.05) is 11.8 Å². The summed E-state index contributed by atoms with van der Waals surface area (Å²) in [5, 5.41) is 9.25. The Kier molecular flexibility index (Phi) is 5.48.